The predicted molar refractivity (Wildman–Crippen MR) is 56.7 cm³/mol. The molecule has 0 atom stereocenters. The average Bonchev–Trinajstić information content (AvgIpc) is 2.59. The van der Waals surface area contributed by atoms with Gasteiger partial charge in [-0.3, -0.25) is 0 Å². The number of alkyl halides is 3. The van der Waals surface area contributed by atoms with Gasteiger partial charge in [0.15, 0.2) is 5.65 Å². The van der Waals surface area contributed by atoms with Crippen LogP contribution in [-0.4, -0.2) is 14.6 Å². The first-order valence-electron chi connectivity index (χ1n) is 5.12. The molecule has 92 valence electrons. The Bertz CT molecular complexity index is 549. The number of rotatable bonds is 0. The highest BCUT2D eigenvalue weighted by molar-refractivity contribution is 5.40. The summed E-state index contributed by atoms with van der Waals surface area (Å²) in [6, 6.07) is 2.52. The average molecular weight is 243 g/mol. The molecule has 0 aliphatic heterocycles. The molecule has 17 heavy (non-hydrogen) atoms. The molecule has 2 heterocycles. The maximum atomic E-state index is 12.9. The summed E-state index contributed by atoms with van der Waals surface area (Å²) < 4.78 is 39.4. The van der Waals surface area contributed by atoms with Gasteiger partial charge in [-0.15, -0.1) is 0 Å². The molecule has 2 aromatic heterocycles. The summed E-state index contributed by atoms with van der Waals surface area (Å²) in [5.41, 5.74) is -0.619. The molecule has 2 aromatic rings. The molecule has 0 amide bonds. The van der Waals surface area contributed by atoms with Gasteiger partial charge in [0, 0.05) is 11.5 Å². The number of aromatic nitrogens is 3. The highest BCUT2D eigenvalue weighted by Gasteiger charge is 2.35. The van der Waals surface area contributed by atoms with Crippen molar-refractivity contribution >= 4 is 5.65 Å². The van der Waals surface area contributed by atoms with E-state index in [0.717, 1.165) is 10.6 Å². The minimum absolute atomic E-state index is 0.213. The summed E-state index contributed by atoms with van der Waals surface area (Å²) in [7, 11) is 0. The molecule has 0 aliphatic carbocycles. The SMILES string of the molecule is CC(C)(C)c1cc(C(F)(F)F)n2nccc2n1. The fourth-order valence-electron chi connectivity index (χ4n) is 1.50. The number of hydrogen-bond donors (Lipinski definition) is 0. The summed E-state index contributed by atoms with van der Waals surface area (Å²) in [6.45, 7) is 5.47. The third kappa shape index (κ3) is 2.11. The van der Waals surface area contributed by atoms with Crippen LogP contribution in [-0.2, 0) is 11.6 Å². The van der Waals surface area contributed by atoms with E-state index in [1.165, 1.54) is 12.3 Å². The first kappa shape index (κ1) is 11.9. The zero-order valence-corrected chi connectivity index (χ0v) is 9.71. The van der Waals surface area contributed by atoms with Crippen molar-refractivity contribution < 1.29 is 13.2 Å². The van der Waals surface area contributed by atoms with E-state index in [9.17, 15) is 13.2 Å². The fourth-order valence-corrected chi connectivity index (χ4v) is 1.50. The van der Waals surface area contributed by atoms with Crippen molar-refractivity contribution in [2.45, 2.75) is 32.4 Å². The number of nitrogens with zero attached hydrogens (tertiary/aromatic N) is 3. The second-order valence-electron chi connectivity index (χ2n) is 4.88. The van der Waals surface area contributed by atoms with Gasteiger partial charge in [-0.2, -0.15) is 18.3 Å². The molecule has 0 saturated heterocycles. The Hall–Kier alpha value is -1.59. The van der Waals surface area contributed by atoms with Gasteiger partial charge in [0.1, 0.15) is 5.69 Å². The lowest BCUT2D eigenvalue weighted by Gasteiger charge is -2.19. The van der Waals surface area contributed by atoms with E-state index >= 15 is 0 Å². The monoisotopic (exact) mass is 243 g/mol. The van der Waals surface area contributed by atoms with Crippen LogP contribution in [0.25, 0.3) is 5.65 Å². The van der Waals surface area contributed by atoms with Gasteiger partial charge in [0.25, 0.3) is 0 Å². The minimum atomic E-state index is -4.44. The second kappa shape index (κ2) is 3.45. The molecule has 0 N–H and O–H groups in total. The van der Waals surface area contributed by atoms with E-state index in [-0.39, 0.29) is 5.65 Å². The highest BCUT2D eigenvalue weighted by Crippen LogP contribution is 2.32. The van der Waals surface area contributed by atoms with E-state index in [1.807, 2.05) is 20.8 Å². The molecule has 0 fully saturated rings. The van der Waals surface area contributed by atoms with Gasteiger partial charge in [-0.05, 0) is 6.07 Å². The second-order valence-corrected chi connectivity index (χ2v) is 4.88. The molecule has 3 nitrogen and oxygen atoms in total. The van der Waals surface area contributed by atoms with Gasteiger partial charge in [0.05, 0.1) is 11.9 Å². The number of halogens is 3. The Morgan fingerprint density at radius 3 is 2.35 bits per heavy atom. The maximum absolute atomic E-state index is 12.9. The van der Waals surface area contributed by atoms with Crippen LogP contribution in [0.15, 0.2) is 18.3 Å². The van der Waals surface area contributed by atoms with E-state index in [0.29, 0.717) is 5.69 Å². The maximum Gasteiger partial charge on any atom is 0.433 e. The van der Waals surface area contributed by atoms with Crippen LogP contribution >= 0.6 is 0 Å². The number of fused-ring (bicyclic) bond motifs is 1. The van der Waals surface area contributed by atoms with E-state index < -0.39 is 17.3 Å². The van der Waals surface area contributed by atoms with Crippen LogP contribution in [0.5, 0.6) is 0 Å². The van der Waals surface area contributed by atoms with E-state index in [2.05, 4.69) is 10.1 Å². The lowest BCUT2D eigenvalue weighted by atomic mass is 9.91. The highest BCUT2D eigenvalue weighted by atomic mass is 19.4. The Morgan fingerprint density at radius 1 is 1.18 bits per heavy atom. The van der Waals surface area contributed by atoms with Gasteiger partial charge >= 0.3 is 6.18 Å². The van der Waals surface area contributed by atoms with E-state index in [4.69, 9.17) is 0 Å². The molecule has 0 saturated carbocycles. The predicted octanol–water partition coefficient (Wildman–Crippen LogP) is 3.05. The molecule has 2 rings (SSSR count). The van der Waals surface area contributed by atoms with E-state index in [1.54, 1.807) is 0 Å². The molecule has 0 spiro atoms. The Balaban J connectivity index is 2.76. The summed E-state index contributed by atoms with van der Waals surface area (Å²) in [6.07, 6.45) is -3.13. The standard InChI is InChI=1S/C11H12F3N3/c1-10(2,3)7-6-8(11(12,13)14)17-9(16-7)4-5-15-17/h4-6H,1-3H3. The fraction of sp³-hybridized carbons (Fsp3) is 0.455. The Labute approximate surface area is 96.3 Å². The zero-order chi connectivity index (χ0) is 12.8. The summed E-state index contributed by atoms with van der Waals surface area (Å²) in [4.78, 5) is 4.18. The topological polar surface area (TPSA) is 30.2 Å². The van der Waals surface area contributed by atoms with Crippen LogP contribution in [0.3, 0.4) is 0 Å². The third-order valence-electron chi connectivity index (χ3n) is 2.42. The largest absolute Gasteiger partial charge is 0.433 e. The molecular formula is C11H12F3N3. The van der Waals surface area contributed by atoms with Crippen LogP contribution < -0.4 is 0 Å². The van der Waals surface area contributed by atoms with Gasteiger partial charge in [0.2, 0.25) is 0 Å². The number of hydrogen-bond acceptors (Lipinski definition) is 2. The molecule has 0 bridgehead atoms. The third-order valence-corrected chi connectivity index (χ3v) is 2.42. The van der Waals surface area contributed by atoms with Crippen LogP contribution in [0.2, 0.25) is 0 Å². The lowest BCUT2D eigenvalue weighted by Crippen LogP contribution is -2.19. The van der Waals surface area contributed by atoms with Crippen molar-refractivity contribution in [3.8, 4) is 0 Å². The Kier molecular flexibility index (Phi) is 2.41. The quantitative estimate of drug-likeness (QED) is 0.711. The van der Waals surface area contributed by atoms with Crippen molar-refractivity contribution in [2.75, 3.05) is 0 Å². The smallest absolute Gasteiger partial charge is 0.233 e. The van der Waals surface area contributed by atoms with Crippen molar-refractivity contribution in [1.29, 1.82) is 0 Å². The molecule has 0 radical (unpaired) electrons. The van der Waals surface area contributed by atoms with Gasteiger partial charge < -0.3 is 0 Å². The lowest BCUT2D eigenvalue weighted by molar-refractivity contribution is -0.142. The van der Waals surface area contributed by atoms with Gasteiger partial charge in [-0.25, -0.2) is 9.50 Å². The summed E-state index contributed by atoms with van der Waals surface area (Å²) in [5.74, 6) is 0. The zero-order valence-electron chi connectivity index (χ0n) is 9.71. The molecule has 0 aliphatic rings. The summed E-state index contributed by atoms with van der Waals surface area (Å²) in [5, 5.41) is 3.64. The van der Waals surface area contributed by atoms with Crippen molar-refractivity contribution in [2.24, 2.45) is 0 Å². The van der Waals surface area contributed by atoms with Crippen molar-refractivity contribution in [1.82, 2.24) is 14.6 Å². The first-order valence-corrected chi connectivity index (χ1v) is 5.12. The molecular weight excluding hydrogens is 231 g/mol. The molecule has 0 aromatic carbocycles. The summed E-state index contributed by atoms with van der Waals surface area (Å²) >= 11 is 0. The minimum Gasteiger partial charge on any atom is -0.233 e. The van der Waals surface area contributed by atoms with Crippen molar-refractivity contribution in [3.05, 3.63) is 29.7 Å². The Morgan fingerprint density at radius 2 is 1.82 bits per heavy atom. The van der Waals surface area contributed by atoms with Crippen LogP contribution in [0.4, 0.5) is 13.2 Å². The normalized spacial score (nSPS) is 13.3. The van der Waals surface area contributed by atoms with Crippen LogP contribution in [0, 0.1) is 0 Å². The van der Waals surface area contributed by atoms with Gasteiger partial charge in [-0.1, -0.05) is 20.8 Å². The molecule has 0 unspecified atom stereocenters. The first-order chi connectivity index (χ1) is 7.69. The molecule has 6 heteroatoms. The van der Waals surface area contributed by atoms with Crippen molar-refractivity contribution in [3.63, 3.8) is 0 Å². The van der Waals surface area contributed by atoms with Crippen LogP contribution in [0.1, 0.15) is 32.2 Å².